The smallest absolute Gasteiger partial charge is 0.349 e. The number of fused-ring (bicyclic) bond motifs is 1. The normalized spacial score (nSPS) is 14.3. The van der Waals surface area contributed by atoms with Crippen molar-refractivity contribution < 1.29 is 9.21 Å². The summed E-state index contributed by atoms with van der Waals surface area (Å²) in [7, 11) is 0. The van der Waals surface area contributed by atoms with Crippen molar-refractivity contribution in [2.45, 2.75) is 25.8 Å². The van der Waals surface area contributed by atoms with Crippen LogP contribution in [-0.4, -0.2) is 29.0 Å². The largest absolute Gasteiger partial charge is 0.422 e. The van der Waals surface area contributed by atoms with Gasteiger partial charge in [-0.2, -0.15) is 0 Å². The predicted molar refractivity (Wildman–Crippen MR) is 102 cm³/mol. The first kappa shape index (κ1) is 17.2. The molecule has 0 atom stereocenters. The second-order valence-electron chi connectivity index (χ2n) is 6.55. The van der Waals surface area contributed by atoms with E-state index in [2.05, 4.69) is 20.2 Å². The lowest BCUT2D eigenvalue weighted by atomic mass is 10.1. The van der Waals surface area contributed by atoms with Gasteiger partial charge in [-0.3, -0.25) is 4.79 Å². The highest BCUT2D eigenvalue weighted by atomic mass is 16.4. The zero-order valence-electron chi connectivity index (χ0n) is 14.9. The third-order valence-electron chi connectivity index (χ3n) is 4.66. The van der Waals surface area contributed by atoms with Crippen molar-refractivity contribution in [2.75, 3.05) is 18.0 Å². The molecule has 1 aromatic carbocycles. The Morgan fingerprint density at radius 2 is 1.96 bits per heavy atom. The summed E-state index contributed by atoms with van der Waals surface area (Å²) in [6.07, 6.45) is 5.27. The molecule has 0 bridgehead atoms. The van der Waals surface area contributed by atoms with Gasteiger partial charge in [0.2, 0.25) is 0 Å². The molecule has 1 N–H and O–H groups in total. The molecule has 2 aromatic heterocycles. The monoisotopic (exact) mass is 364 g/mol. The number of nitrogens with zero attached hydrogens (tertiary/aromatic N) is 3. The maximum absolute atomic E-state index is 12.4. The van der Waals surface area contributed by atoms with Gasteiger partial charge in [0, 0.05) is 24.7 Å². The summed E-state index contributed by atoms with van der Waals surface area (Å²) in [5.74, 6) is 0.886. The average Bonchev–Trinajstić information content (AvgIpc) is 2.72. The van der Waals surface area contributed by atoms with Crippen LogP contribution in [0.5, 0.6) is 0 Å². The number of nitrogens with one attached hydrogen (secondary N) is 1. The highest BCUT2D eigenvalue weighted by Crippen LogP contribution is 2.17. The van der Waals surface area contributed by atoms with E-state index in [1.165, 1.54) is 6.42 Å². The molecule has 3 aromatic rings. The summed E-state index contributed by atoms with van der Waals surface area (Å²) in [5.41, 5.74) is -0.230. The van der Waals surface area contributed by atoms with Crippen LogP contribution in [0.1, 0.15) is 35.4 Å². The molecule has 4 rings (SSSR count). The van der Waals surface area contributed by atoms with Crippen molar-refractivity contribution in [1.82, 2.24) is 15.3 Å². The second kappa shape index (κ2) is 7.57. The Balaban J connectivity index is 1.48. The van der Waals surface area contributed by atoms with Gasteiger partial charge in [-0.05, 0) is 37.5 Å². The molecule has 0 unspecified atom stereocenters. The third kappa shape index (κ3) is 3.81. The first-order chi connectivity index (χ1) is 13.2. The van der Waals surface area contributed by atoms with Crippen molar-refractivity contribution in [3.05, 3.63) is 64.4 Å². The van der Waals surface area contributed by atoms with Gasteiger partial charge in [0.05, 0.1) is 6.54 Å². The van der Waals surface area contributed by atoms with Gasteiger partial charge < -0.3 is 14.6 Å². The van der Waals surface area contributed by atoms with E-state index in [1.807, 2.05) is 12.1 Å². The molecule has 1 aliphatic rings. The number of hydrogen-bond donors (Lipinski definition) is 1. The lowest BCUT2D eigenvalue weighted by Crippen LogP contribution is -2.31. The van der Waals surface area contributed by atoms with Crippen LogP contribution in [0.3, 0.4) is 0 Å². The van der Waals surface area contributed by atoms with Crippen LogP contribution in [0.2, 0.25) is 0 Å². The van der Waals surface area contributed by atoms with E-state index in [4.69, 9.17) is 4.42 Å². The number of anilines is 1. The standard InChI is InChI=1S/C20H20N4O3/c25-19(15-12-14-6-2-3-7-16(14)27-20(15)26)22-13-17-21-9-8-18(23-17)24-10-4-1-5-11-24/h2-3,6-9,12H,1,4-5,10-11,13H2,(H,22,25). The van der Waals surface area contributed by atoms with Gasteiger partial charge in [-0.25, -0.2) is 14.8 Å². The number of rotatable bonds is 4. The van der Waals surface area contributed by atoms with E-state index in [0.29, 0.717) is 16.8 Å². The SMILES string of the molecule is O=C(NCc1nccc(N2CCCCC2)n1)c1cc2ccccc2oc1=O. The van der Waals surface area contributed by atoms with E-state index in [-0.39, 0.29) is 12.1 Å². The van der Waals surface area contributed by atoms with Gasteiger partial charge in [-0.1, -0.05) is 18.2 Å². The van der Waals surface area contributed by atoms with Crippen molar-refractivity contribution in [3.8, 4) is 0 Å². The Kier molecular flexibility index (Phi) is 4.82. The molecule has 1 amide bonds. The fourth-order valence-corrected chi connectivity index (χ4v) is 3.25. The van der Waals surface area contributed by atoms with Crippen LogP contribution in [0.25, 0.3) is 11.0 Å². The zero-order chi connectivity index (χ0) is 18.6. The topological polar surface area (TPSA) is 88.3 Å². The summed E-state index contributed by atoms with van der Waals surface area (Å²) < 4.78 is 5.21. The maximum Gasteiger partial charge on any atom is 0.349 e. The molecule has 1 fully saturated rings. The third-order valence-corrected chi connectivity index (χ3v) is 4.66. The summed E-state index contributed by atoms with van der Waals surface area (Å²) in [6.45, 7) is 2.12. The first-order valence-corrected chi connectivity index (χ1v) is 9.09. The lowest BCUT2D eigenvalue weighted by molar-refractivity contribution is 0.0946. The van der Waals surface area contributed by atoms with Gasteiger partial charge in [0.25, 0.3) is 5.91 Å². The molecule has 0 saturated carbocycles. The molecule has 0 spiro atoms. The Morgan fingerprint density at radius 1 is 1.15 bits per heavy atom. The number of hydrogen-bond acceptors (Lipinski definition) is 6. The Bertz CT molecular complexity index is 1020. The number of carbonyl (C=O) groups is 1. The van der Waals surface area contributed by atoms with Crippen molar-refractivity contribution in [1.29, 1.82) is 0 Å². The van der Waals surface area contributed by atoms with E-state index < -0.39 is 11.5 Å². The molecule has 0 radical (unpaired) electrons. The van der Waals surface area contributed by atoms with Crippen LogP contribution in [0.4, 0.5) is 5.82 Å². The maximum atomic E-state index is 12.4. The summed E-state index contributed by atoms with van der Waals surface area (Å²) >= 11 is 0. The van der Waals surface area contributed by atoms with Crippen LogP contribution < -0.4 is 15.8 Å². The minimum Gasteiger partial charge on any atom is -0.422 e. The number of carbonyl (C=O) groups excluding carboxylic acids is 1. The van der Waals surface area contributed by atoms with E-state index in [0.717, 1.165) is 31.7 Å². The second-order valence-corrected chi connectivity index (χ2v) is 6.55. The first-order valence-electron chi connectivity index (χ1n) is 9.09. The molecule has 138 valence electrons. The number of amides is 1. The van der Waals surface area contributed by atoms with Crippen LogP contribution >= 0.6 is 0 Å². The molecule has 7 nitrogen and oxygen atoms in total. The fourth-order valence-electron chi connectivity index (χ4n) is 3.25. The average molecular weight is 364 g/mol. The summed E-state index contributed by atoms with van der Waals surface area (Å²) in [5, 5.41) is 3.41. The molecule has 3 heterocycles. The zero-order valence-corrected chi connectivity index (χ0v) is 14.9. The Labute approximate surface area is 156 Å². The highest BCUT2D eigenvalue weighted by molar-refractivity contribution is 5.96. The van der Waals surface area contributed by atoms with Crippen LogP contribution in [-0.2, 0) is 6.54 Å². The molecule has 27 heavy (non-hydrogen) atoms. The van der Waals surface area contributed by atoms with Crippen LogP contribution in [0, 0.1) is 0 Å². The number of para-hydroxylation sites is 1. The summed E-state index contributed by atoms with van der Waals surface area (Å²) in [6, 6.07) is 10.5. The molecule has 0 aliphatic carbocycles. The Hall–Kier alpha value is -3.22. The molecule has 1 aliphatic heterocycles. The Morgan fingerprint density at radius 3 is 2.81 bits per heavy atom. The van der Waals surface area contributed by atoms with Gasteiger partial charge in [-0.15, -0.1) is 0 Å². The van der Waals surface area contributed by atoms with Crippen LogP contribution in [0.15, 0.2) is 51.8 Å². The van der Waals surface area contributed by atoms with Crippen molar-refractivity contribution >= 4 is 22.7 Å². The van der Waals surface area contributed by atoms with E-state index in [9.17, 15) is 9.59 Å². The van der Waals surface area contributed by atoms with Gasteiger partial charge in [0.15, 0.2) is 0 Å². The molecular weight excluding hydrogens is 344 g/mol. The van der Waals surface area contributed by atoms with Crippen molar-refractivity contribution in [3.63, 3.8) is 0 Å². The molecule has 1 saturated heterocycles. The summed E-state index contributed by atoms with van der Waals surface area (Å²) in [4.78, 5) is 35.5. The predicted octanol–water partition coefficient (Wildman–Crippen LogP) is 2.50. The van der Waals surface area contributed by atoms with E-state index in [1.54, 1.807) is 30.5 Å². The number of aromatic nitrogens is 2. The fraction of sp³-hybridized carbons (Fsp3) is 0.300. The van der Waals surface area contributed by atoms with Crippen molar-refractivity contribution in [2.24, 2.45) is 0 Å². The van der Waals surface area contributed by atoms with Gasteiger partial charge in [0.1, 0.15) is 22.8 Å². The number of piperidine rings is 1. The van der Waals surface area contributed by atoms with E-state index >= 15 is 0 Å². The quantitative estimate of drug-likeness (QED) is 0.716. The minimum atomic E-state index is -0.658. The number of benzene rings is 1. The highest BCUT2D eigenvalue weighted by Gasteiger charge is 2.15. The van der Waals surface area contributed by atoms with Gasteiger partial charge >= 0.3 is 5.63 Å². The lowest BCUT2D eigenvalue weighted by Gasteiger charge is -2.27. The molecule has 7 heteroatoms. The minimum absolute atomic E-state index is 0.0270. The molecular formula is C20H20N4O3.